The molecular formula is C19H19ClN4O3S. The van der Waals surface area contributed by atoms with Gasteiger partial charge in [0, 0.05) is 11.3 Å². The Balaban J connectivity index is 1.48. The molecule has 0 saturated carbocycles. The van der Waals surface area contributed by atoms with Crippen LogP contribution in [0.15, 0.2) is 41.6 Å². The van der Waals surface area contributed by atoms with Crippen molar-refractivity contribution in [2.45, 2.75) is 17.8 Å². The Bertz CT molecular complexity index is 978. The van der Waals surface area contributed by atoms with E-state index in [0.29, 0.717) is 53.1 Å². The minimum absolute atomic E-state index is 0.505. The van der Waals surface area contributed by atoms with Crippen molar-refractivity contribution in [2.75, 3.05) is 25.7 Å². The second kappa shape index (κ2) is 8.20. The van der Waals surface area contributed by atoms with Crippen LogP contribution in [0.4, 0.5) is 0 Å². The zero-order valence-corrected chi connectivity index (χ0v) is 16.8. The fraction of sp³-hybridized carbons (Fsp3) is 0.263. The predicted molar refractivity (Wildman–Crippen MR) is 109 cm³/mol. The Labute approximate surface area is 171 Å². The van der Waals surface area contributed by atoms with Gasteiger partial charge in [0.2, 0.25) is 5.16 Å². The van der Waals surface area contributed by atoms with E-state index in [1.165, 1.54) is 16.4 Å². The molecule has 0 bridgehead atoms. The highest BCUT2D eigenvalue weighted by Crippen LogP contribution is 2.39. The van der Waals surface area contributed by atoms with Crippen LogP contribution in [0.5, 0.6) is 17.2 Å². The monoisotopic (exact) mass is 418 g/mol. The van der Waals surface area contributed by atoms with Gasteiger partial charge in [-0.05, 0) is 48.9 Å². The van der Waals surface area contributed by atoms with Crippen LogP contribution in [0, 0.1) is 0 Å². The number of fused-ring (bicyclic) bond motifs is 1. The van der Waals surface area contributed by atoms with Crippen molar-refractivity contribution >= 4 is 23.4 Å². The van der Waals surface area contributed by atoms with Crippen LogP contribution >= 0.6 is 23.4 Å². The summed E-state index contributed by atoms with van der Waals surface area (Å²) in [4.78, 5) is 0. The van der Waals surface area contributed by atoms with Crippen molar-refractivity contribution in [3.63, 3.8) is 0 Å². The molecule has 2 heterocycles. The molecule has 0 aliphatic carbocycles. The van der Waals surface area contributed by atoms with Crippen LogP contribution in [0.2, 0.25) is 5.02 Å². The third-order valence-corrected chi connectivity index (χ3v) is 5.41. The molecule has 0 atom stereocenters. The van der Waals surface area contributed by atoms with E-state index in [1.54, 1.807) is 0 Å². The number of aromatic nitrogens is 3. The first-order valence-electron chi connectivity index (χ1n) is 8.80. The minimum atomic E-state index is 0.505. The molecule has 0 radical (unpaired) electrons. The van der Waals surface area contributed by atoms with Gasteiger partial charge >= 0.3 is 0 Å². The molecule has 28 heavy (non-hydrogen) atoms. The van der Waals surface area contributed by atoms with Gasteiger partial charge in [-0.1, -0.05) is 23.4 Å². The van der Waals surface area contributed by atoms with Crippen molar-refractivity contribution in [3.8, 4) is 28.6 Å². The van der Waals surface area contributed by atoms with Crippen LogP contribution in [0.3, 0.4) is 0 Å². The molecule has 2 aromatic carbocycles. The van der Waals surface area contributed by atoms with Crippen molar-refractivity contribution < 1.29 is 14.2 Å². The number of rotatable bonds is 6. The first-order valence-corrected chi connectivity index (χ1v) is 10.2. The summed E-state index contributed by atoms with van der Waals surface area (Å²) in [7, 11) is 0. The van der Waals surface area contributed by atoms with Crippen molar-refractivity contribution in [2.24, 2.45) is 0 Å². The molecule has 3 aromatic rings. The molecule has 2 N–H and O–H groups in total. The maximum atomic E-state index is 6.30. The second-order valence-electron chi connectivity index (χ2n) is 6.02. The largest absolute Gasteiger partial charge is 0.494 e. The molecule has 146 valence electrons. The molecule has 0 unspecified atom stereocenters. The van der Waals surface area contributed by atoms with Crippen LogP contribution < -0.4 is 20.1 Å². The number of thioether (sulfide) groups is 1. The van der Waals surface area contributed by atoms with Gasteiger partial charge < -0.3 is 20.1 Å². The minimum Gasteiger partial charge on any atom is -0.494 e. The Morgan fingerprint density at radius 2 is 1.96 bits per heavy atom. The van der Waals surface area contributed by atoms with Crippen LogP contribution in [0.1, 0.15) is 12.5 Å². The topological polar surface area (TPSA) is 84.4 Å². The Hall–Kier alpha value is -2.58. The van der Waals surface area contributed by atoms with E-state index in [2.05, 4.69) is 10.2 Å². The van der Waals surface area contributed by atoms with Crippen molar-refractivity contribution in [3.05, 3.63) is 47.0 Å². The molecular weight excluding hydrogens is 400 g/mol. The third-order valence-electron chi connectivity index (χ3n) is 4.11. The Morgan fingerprint density at radius 1 is 1.18 bits per heavy atom. The fourth-order valence-corrected chi connectivity index (χ4v) is 3.91. The summed E-state index contributed by atoms with van der Waals surface area (Å²) < 4.78 is 18.1. The molecule has 1 aromatic heterocycles. The van der Waals surface area contributed by atoms with Gasteiger partial charge in [-0.15, -0.1) is 10.2 Å². The van der Waals surface area contributed by atoms with Gasteiger partial charge in [0.1, 0.15) is 19.0 Å². The van der Waals surface area contributed by atoms with Gasteiger partial charge in [-0.2, -0.15) is 0 Å². The predicted octanol–water partition coefficient (Wildman–Crippen LogP) is 3.77. The average Bonchev–Trinajstić information content (AvgIpc) is 3.08. The molecule has 0 amide bonds. The first-order chi connectivity index (χ1) is 13.7. The summed E-state index contributed by atoms with van der Waals surface area (Å²) in [6.07, 6.45) is 0. The Morgan fingerprint density at radius 3 is 2.75 bits per heavy atom. The number of halogens is 1. The van der Waals surface area contributed by atoms with Gasteiger partial charge in [0.05, 0.1) is 11.6 Å². The summed E-state index contributed by atoms with van der Waals surface area (Å²) in [6, 6.07) is 11.4. The highest BCUT2D eigenvalue weighted by molar-refractivity contribution is 7.98. The Kier molecular flexibility index (Phi) is 5.50. The highest BCUT2D eigenvalue weighted by Gasteiger charge is 2.18. The maximum absolute atomic E-state index is 6.30. The second-order valence-corrected chi connectivity index (χ2v) is 7.37. The van der Waals surface area contributed by atoms with Crippen LogP contribution in [-0.2, 0) is 5.75 Å². The molecule has 0 fully saturated rings. The molecule has 9 heteroatoms. The zero-order valence-electron chi connectivity index (χ0n) is 15.2. The number of nitrogens with two attached hydrogens (primary N) is 1. The van der Waals surface area contributed by atoms with E-state index in [0.717, 1.165) is 16.9 Å². The van der Waals surface area contributed by atoms with E-state index < -0.39 is 0 Å². The summed E-state index contributed by atoms with van der Waals surface area (Å²) in [6.45, 7) is 3.59. The molecule has 4 rings (SSSR count). The van der Waals surface area contributed by atoms with E-state index in [4.69, 9.17) is 31.7 Å². The normalized spacial score (nSPS) is 12.8. The van der Waals surface area contributed by atoms with E-state index in [1.807, 2.05) is 43.3 Å². The lowest BCUT2D eigenvalue weighted by Crippen LogP contribution is -2.15. The summed E-state index contributed by atoms with van der Waals surface area (Å²) in [5.74, 6) is 9.48. The van der Waals surface area contributed by atoms with Crippen molar-refractivity contribution in [1.29, 1.82) is 0 Å². The van der Waals surface area contributed by atoms with Gasteiger partial charge in [0.25, 0.3) is 0 Å². The molecule has 1 aliphatic heterocycles. The molecule has 0 saturated heterocycles. The van der Waals surface area contributed by atoms with Gasteiger partial charge in [-0.25, -0.2) is 4.68 Å². The van der Waals surface area contributed by atoms with Gasteiger partial charge in [-0.3, -0.25) is 0 Å². The fourth-order valence-electron chi connectivity index (χ4n) is 2.83. The number of ether oxygens (including phenoxy) is 3. The number of nitrogens with zero attached hydrogens (tertiary/aromatic N) is 3. The quantitative estimate of drug-likeness (QED) is 0.481. The molecule has 7 nitrogen and oxygen atoms in total. The molecule has 1 aliphatic rings. The van der Waals surface area contributed by atoms with Gasteiger partial charge in [0.15, 0.2) is 17.3 Å². The number of benzene rings is 2. The van der Waals surface area contributed by atoms with E-state index >= 15 is 0 Å². The number of hydrogen-bond acceptors (Lipinski definition) is 7. The lowest BCUT2D eigenvalue weighted by Gasteiger charge is -2.20. The SMILES string of the molecule is CCOc1ccc(-c2nnc(SCc3cc(Cl)c4c(c3)OCCO4)n2N)cc1. The lowest BCUT2D eigenvalue weighted by atomic mass is 10.2. The molecule has 0 spiro atoms. The standard InChI is InChI=1S/C19H19ClN4O3S/c1-2-25-14-5-3-13(4-6-14)18-22-23-19(24(18)21)28-11-12-9-15(20)17-16(10-12)26-7-8-27-17/h3-6,9-10H,2,7-8,11,21H2,1H3. The maximum Gasteiger partial charge on any atom is 0.210 e. The number of hydrogen-bond donors (Lipinski definition) is 1. The summed E-state index contributed by atoms with van der Waals surface area (Å²) >= 11 is 7.77. The van der Waals surface area contributed by atoms with Crippen molar-refractivity contribution in [1.82, 2.24) is 14.9 Å². The summed E-state index contributed by atoms with van der Waals surface area (Å²) in [5, 5.41) is 9.57. The smallest absolute Gasteiger partial charge is 0.210 e. The lowest BCUT2D eigenvalue weighted by molar-refractivity contribution is 0.171. The van der Waals surface area contributed by atoms with Crippen LogP contribution in [-0.4, -0.2) is 34.7 Å². The highest BCUT2D eigenvalue weighted by atomic mass is 35.5. The first kappa shape index (κ1) is 18.8. The van der Waals surface area contributed by atoms with Crippen LogP contribution in [0.25, 0.3) is 11.4 Å². The van der Waals surface area contributed by atoms with E-state index in [-0.39, 0.29) is 0 Å². The third kappa shape index (κ3) is 3.83. The summed E-state index contributed by atoms with van der Waals surface area (Å²) in [5.41, 5.74) is 1.86. The zero-order chi connectivity index (χ0) is 19.5. The number of nitrogen functional groups attached to an aromatic ring is 1. The average molecular weight is 419 g/mol. The van der Waals surface area contributed by atoms with E-state index in [9.17, 15) is 0 Å².